The molecule has 0 saturated carbocycles. The molecule has 0 saturated heterocycles. The summed E-state index contributed by atoms with van der Waals surface area (Å²) in [4.78, 5) is 12.2. The molecular formula is C19H18N2O4. The van der Waals surface area contributed by atoms with Gasteiger partial charge in [0, 0.05) is 17.2 Å². The highest BCUT2D eigenvalue weighted by Crippen LogP contribution is 2.24. The summed E-state index contributed by atoms with van der Waals surface area (Å²) in [5.74, 6) is 1.88. The van der Waals surface area contributed by atoms with Gasteiger partial charge in [-0.1, -0.05) is 17.3 Å². The van der Waals surface area contributed by atoms with Crippen molar-refractivity contribution in [2.75, 3.05) is 14.2 Å². The van der Waals surface area contributed by atoms with Gasteiger partial charge in [-0.3, -0.25) is 4.79 Å². The number of hydrogen-bond acceptors (Lipinski definition) is 5. The molecule has 0 aliphatic carbocycles. The maximum atomic E-state index is 12.2. The molecule has 2 aromatic carbocycles. The first kappa shape index (κ1) is 16.6. The lowest BCUT2D eigenvalue weighted by atomic mass is 10.1. The second-order valence-electron chi connectivity index (χ2n) is 5.33. The van der Waals surface area contributed by atoms with Gasteiger partial charge >= 0.3 is 0 Å². The first-order valence-corrected chi connectivity index (χ1v) is 7.72. The summed E-state index contributed by atoms with van der Waals surface area (Å²) in [7, 11) is 3.19. The number of aromatic nitrogens is 1. The summed E-state index contributed by atoms with van der Waals surface area (Å²) in [5.41, 5.74) is 2.05. The van der Waals surface area contributed by atoms with Crippen LogP contribution in [0.3, 0.4) is 0 Å². The zero-order valence-electron chi connectivity index (χ0n) is 14.0. The van der Waals surface area contributed by atoms with E-state index in [4.69, 9.17) is 14.0 Å². The molecule has 3 rings (SSSR count). The molecule has 6 heteroatoms. The topological polar surface area (TPSA) is 73.6 Å². The number of amides is 1. The molecule has 0 aliphatic heterocycles. The van der Waals surface area contributed by atoms with E-state index in [2.05, 4.69) is 10.5 Å². The van der Waals surface area contributed by atoms with Gasteiger partial charge in [-0.2, -0.15) is 0 Å². The minimum Gasteiger partial charge on any atom is -0.497 e. The van der Waals surface area contributed by atoms with E-state index < -0.39 is 0 Å². The molecule has 0 spiro atoms. The standard InChI is InChI=1S/C19H18N2O4/c1-23-16-8-6-13(7-9-16)19(22)20-12-15-11-18(25-21-15)14-4-3-5-17(10-14)24-2/h3-11H,12H2,1-2H3,(H,20,22). The molecule has 128 valence electrons. The molecule has 1 amide bonds. The Morgan fingerprint density at radius 2 is 1.80 bits per heavy atom. The summed E-state index contributed by atoms with van der Waals surface area (Å²) in [6.45, 7) is 0.276. The summed E-state index contributed by atoms with van der Waals surface area (Å²) in [6, 6.07) is 16.2. The molecule has 25 heavy (non-hydrogen) atoms. The van der Waals surface area contributed by atoms with Crippen LogP contribution in [0.5, 0.6) is 11.5 Å². The largest absolute Gasteiger partial charge is 0.497 e. The lowest BCUT2D eigenvalue weighted by Crippen LogP contribution is -2.22. The van der Waals surface area contributed by atoms with E-state index >= 15 is 0 Å². The van der Waals surface area contributed by atoms with E-state index in [0.29, 0.717) is 22.8 Å². The number of methoxy groups -OCH3 is 2. The number of benzene rings is 2. The maximum Gasteiger partial charge on any atom is 0.251 e. The second-order valence-corrected chi connectivity index (χ2v) is 5.33. The summed E-state index contributed by atoms with van der Waals surface area (Å²) >= 11 is 0. The number of rotatable bonds is 6. The van der Waals surface area contributed by atoms with Crippen LogP contribution in [0, 0.1) is 0 Å². The Hall–Kier alpha value is -3.28. The lowest BCUT2D eigenvalue weighted by molar-refractivity contribution is 0.0950. The SMILES string of the molecule is COc1ccc(C(=O)NCc2cc(-c3cccc(OC)c3)on2)cc1. The highest BCUT2D eigenvalue weighted by Gasteiger charge is 2.10. The fraction of sp³-hybridized carbons (Fsp3) is 0.158. The predicted octanol–water partition coefficient (Wildman–Crippen LogP) is 3.29. The van der Waals surface area contributed by atoms with E-state index in [1.807, 2.05) is 24.3 Å². The van der Waals surface area contributed by atoms with Crippen LogP contribution < -0.4 is 14.8 Å². The van der Waals surface area contributed by atoms with Gasteiger partial charge < -0.3 is 19.3 Å². The van der Waals surface area contributed by atoms with Crippen molar-refractivity contribution in [1.29, 1.82) is 0 Å². The number of hydrogen-bond donors (Lipinski definition) is 1. The van der Waals surface area contributed by atoms with E-state index in [0.717, 1.165) is 11.3 Å². The molecule has 1 N–H and O–H groups in total. The molecule has 1 aromatic heterocycles. The van der Waals surface area contributed by atoms with E-state index in [-0.39, 0.29) is 12.5 Å². The third-order valence-electron chi connectivity index (χ3n) is 3.70. The van der Waals surface area contributed by atoms with Crippen LogP contribution in [0.15, 0.2) is 59.1 Å². The van der Waals surface area contributed by atoms with Gasteiger partial charge in [0.05, 0.1) is 20.8 Å². The van der Waals surface area contributed by atoms with Crippen molar-refractivity contribution in [3.8, 4) is 22.8 Å². The highest BCUT2D eigenvalue weighted by molar-refractivity contribution is 5.94. The van der Waals surface area contributed by atoms with Gasteiger partial charge in [0.25, 0.3) is 5.91 Å². The predicted molar refractivity (Wildman–Crippen MR) is 92.7 cm³/mol. The zero-order valence-corrected chi connectivity index (χ0v) is 14.0. The van der Waals surface area contributed by atoms with Crippen molar-refractivity contribution >= 4 is 5.91 Å². The molecule has 0 unspecified atom stereocenters. The van der Waals surface area contributed by atoms with Crippen LogP contribution in [-0.4, -0.2) is 25.3 Å². The minimum absolute atomic E-state index is 0.186. The second kappa shape index (κ2) is 7.53. The third kappa shape index (κ3) is 3.98. The Bertz CT molecular complexity index is 856. The molecule has 6 nitrogen and oxygen atoms in total. The van der Waals surface area contributed by atoms with Crippen LogP contribution in [0.4, 0.5) is 0 Å². The molecule has 0 radical (unpaired) electrons. The average Bonchev–Trinajstić information content (AvgIpc) is 3.15. The maximum absolute atomic E-state index is 12.2. The number of ether oxygens (including phenoxy) is 2. The van der Waals surface area contributed by atoms with E-state index in [1.54, 1.807) is 44.6 Å². The Kier molecular flexibility index (Phi) is 4.99. The number of carbonyl (C=O) groups excluding carboxylic acids is 1. The quantitative estimate of drug-likeness (QED) is 0.746. The van der Waals surface area contributed by atoms with Gasteiger partial charge in [0.1, 0.15) is 17.2 Å². The lowest BCUT2D eigenvalue weighted by Gasteiger charge is -2.04. The summed E-state index contributed by atoms with van der Waals surface area (Å²) < 4.78 is 15.6. The molecule has 1 heterocycles. The summed E-state index contributed by atoms with van der Waals surface area (Å²) in [5, 5.41) is 6.80. The van der Waals surface area contributed by atoms with Crippen molar-refractivity contribution in [3.05, 3.63) is 65.9 Å². The van der Waals surface area contributed by atoms with Gasteiger partial charge in [-0.25, -0.2) is 0 Å². The molecular weight excluding hydrogens is 320 g/mol. The monoisotopic (exact) mass is 338 g/mol. The smallest absolute Gasteiger partial charge is 0.251 e. The van der Waals surface area contributed by atoms with Crippen LogP contribution in [0.25, 0.3) is 11.3 Å². The van der Waals surface area contributed by atoms with Crippen LogP contribution in [-0.2, 0) is 6.54 Å². The van der Waals surface area contributed by atoms with Crippen LogP contribution in [0.1, 0.15) is 16.1 Å². The van der Waals surface area contributed by atoms with Gasteiger partial charge in [0.15, 0.2) is 5.76 Å². The Morgan fingerprint density at radius 3 is 2.52 bits per heavy atom. The van der Waals surface area contributed by atoms with Crippen molar-refractivity contribution in [2.45, 2.75) is 6.54 Å². The Balaban J connectivity index is 1.63. The Morgan fingerprint density at radius 1 is 1.04 bits per heavy atom. The normalized spacial score (nSPS) is 10.3. The summed E-state index contributed by atoms with van der Waals surface area (Å²) in [6.07, 6.45) is 0. The molecule has 3 aromatic rings. The number of nitrogens with one attached hydrogen (secondary N) is 1. The van der Waals surface area contributed by atoms with Gasteiger partial charge in [0.2, 0.25) is 0 Å². The van der Waals surface area contributed by atoms with Crippen molar-refractivity contribution in [2.24, 2.45) is 0 Å². The molecule has 0 fully saturated rings. The van der Waals surface area contributed by atoms with Crippen molar-refractivity contribution in [1.82, 2.24) is 10.5 Å². The Labute approximate surface area is 145 Å². The first-order valence-electron chi connectivity index (χ1n) is 7.72. The van der Waals surface area contributed by atoms with Crippen molar-refractivity contribution < 1.29 is 18.8 Å². The fourth-order valence-corrected chi connectivity index (χ4v) is 2.32. The highest BCUT2D eigenvalue weighted by atomic mass is 16.5. The number of nitrogens with zero attached hydrogens (tertiary/aromatic N) is 1. The van der Waals surface area contributed by atoms with E-state index in [1.165, 1.54) is 0 Å². The average molecular weight is 338 g/mol. The minimum atomic E-state index is -0.186. The first-order chi connectivity index (χ1) is 12.2. The van der Waals surface area contributed by atoms with E-state index in [9.17, 15) is 4.79 Å². The van der Waals surface area contributed by atoms with Crippen LogP contribution in [0.2, 0.25) is 0 Å². The fourth-order valence-electron chi connectivity index (χ4n) is 2.32. The van der Waals surface area contributed by atoms with Gasteiger partial charge in [-0.15, -0.1) is 0 Å². The molecule has 0 bridgehead atoms. The van der Waals surface area contributed by atoms with Gasteiger partial charge in [-0.05, 0) is 36.4 Å². The molecule has 0 atom stereocenters. The zero-order chi connectivity index (χ0) is 17.6. The van der Waals surface area contributed by atoms with Crippen molar-refractivity contribution in [3.63, 3.8) is 0 Å². The van der Waals surface area contributed by atoms with Crippen LogP contribution >= 0.6 is 0 Å². The number of carbonyl (C=O) groups is 1. The molecule has 0 aliphatic rings. The third-order valence-corrected chi connectivity index (χ3v) is 3.70.